The molecule has 4 nitrogen and oxygen atoms in total. The van der Waals surface area contributed by atoms with Crippen molar-refractivity contribution in [2.24, 2.45) is 11.7 Å². The number of hydrogen-bond acceptors (Lipinski definition) is 3. The number of carbonyl (C=O) groups is 1. The average Bonchev–Trinajstić information content (AvgIpc) is 2.54. The molecule has 0 aliphatic heterocycles. The third kappa shape index (κ3) is 5.79. The minimum absolute atomic E-state index is 0.00683. The zero-order valence-electron chi connectivity index (χ0n) is 13.8. The van der Waals surface area contributed by atoms with Crippen molar-refractivity contribution < 1.29 is 9.53 Å². The molecule has 0 spiro atoms. The highest BCUT2D eigenvalue weighted by Gasteiger charge is 2.32. The second kappa shape index (κ2) is 9.26. The molecule has 1 aromatic carbocycles. The minimum Gasteiger partial charge on any atom is -0.377 e. The lowest BCUT2D eigenvalue weighted by Gasteiger charge is -2.33. The van der Waals surface area contributed by atoms with Crippen LogP contribution in [0.4, 0.5) is 0 Å². The normalized spacial score (nSPS) is 24.4. The Hall–Kier alpha value is -1.10. The van der Waals surface area contributed by atoms with Crippen molar-refractivity contribution in [3.8, 4) is 0 Å². The number of benzene rings is 1. The lowest BCUT2D eigenvalue weighted by Crippen LogP contribution is -2.46. The Kier molecular flexibility index (Phi) is 7.34. The van der Waals surface area contributed by atoms with E-state index in [-0.39, 0.29) is 24.0 Å². The average molecular weight is 339 g/mol. The van der Waals surface area contributed by atoms with E-state index in [9.17, 15) is 4.79 Å². The molecule has 1 aromatic rings. The first-order valence-corrected chi connectivity index (χ1v) is 8.87. The van der Waals surface area contributed by atoms with E-state index in [0.29, 0.717) is 13.2 Å². The van der Waals surface area contributed by atoms with E-state index in [1.807, 2.05) is 24.3 Å². The number of amides is 1. The molecule has 2 rings (SSSR count). The molecule has 0 aromatic heterocycles. The first kappa shape index (κ1) is 18.2. The van der Waals surface area contributed by atoms with Crippen LogP contribution in [-0.2, 0) is 16.0 Å². The Labute approximate surface area is 143 Å². The lowest BCUT2D eigenvalue weighted by molar-refractivity contribution is -0.128. The molecule has 1 fully saturated rings. The van der Waals surface area contributed by atoms with Crippen molar-refractivity contribution in [1.82, 2.24) is 5.32 Å². The van der Waals surface area contributed by atoms with E-state index in [1.165, 1.54) is 0 Å². The van der Waals surface area contributed by atoms with E-state index in [0.717, 1.165) is 42.7 Å². The summed E-state index contributed by atoms with van der Waals surface area (Å²) in [5.41, 5.74) is 7.24. The summed E-state index contributed by atoms with van der Waals surface area (Å²) < 4.78 is 5.79. The zero-order chi connectivity index (χ0) is 16.7. The standard InChI is InChI=1S/C18H27ClN2O2/c1-2-10-23-17-12-14(6-7-16(17)20)18(22)21-9-8-13-4-3-5-15(19)11-13/h3-5,11,14,16-17H,2,6-10,12,20H2,1H3,(H,21,22)/t14-,16+,17+/m0/s1. The summed E-state index contributed by atoms with van der Waals surface area (Å²) in [6.45, 7) is 3.41. The topological polar surface area (TPSA) is 64.3 Å². The van der Waals surface area contributed by atoms with Crippen molar-refractivity contribution in [2.75, 3.05) is 13.2 Å². The third-order valence-corrected chi connectivity index (χ3v) is 4.59. The van der Waals surface area contributed by atoms with Gasteiger partial charge in [0.2, 0.25) is 5.91 Å². The number of rotatable bonds is 7. The van der Waals surface area contributed by atoms with Gasteiger partial charge in [-0.3, -0.25) is 4.79 Å². The van der Waals surface area contributed by atoms with Crippen LogP contribution >= 0.6 is 11.6 Å². The number of carbonyl (C=O) groups excluding carboxylic acids is 1. The molecule has 0 bridgehead atoms. The molecule has 0 saturated heterocycles. The maximum absolute atomic E-state index is 12.3. The number of ether oxygens (including phenoxy) is 1. The molecule has 1 amide bonds. The SMILES string of the molecule is CCCO[C@@H]1C[C@@H](C(=O)NCCc2cccc(Cl)c2)CC[C@H]1N. The van der Waals surface area contributed by atoms with E-state index < -0.39 is 0 Å². The molecule has 3 atom stereocenters. The summed E-state index contributed by atoms with van der Waals surface area (Å²) in [6, 6.07) is 7.79. The van der Waals surface area contributed by atoms with Crippen LogP contribution in [0.1, 0.15) is 38.2 Å². The molecular formula is C18H27ClN2O2. The maximum atomic E-state index is 12.3. The Balaban J connectivity index is 1.76. The quantitative estimate of drug-likeness (QED) is 0.803. The van der Waals surface area contributed by atoms with Crippen LogP contribution < -0.4 is 11.1 Å². The van der Waals surface area contributed by atoms with Gasteiger partial charge in [0.1, 0.15) is 0 Å². The van der Waals surface area contributed by atoms with Crippen molar-refractivity contribution in [1.29, 1.82) is 0 Å². The van der Waals surface area contributed by atoms with Gasteiger partial charge in [-0.15, -0.1) is 0 Å². The van der Waals surface area contributed by atoms with Gasteiger partial charge in [-0.1, -0.05) is 30.7 Å². The van der Waals surface area contributed by atoms with Crippen molar-refractivity contribution in [3.63, 3.8) is 0 Å². The number of hydrogen-bond donors (Lipinski definition) is 2. The van der Waals surface area contributed by atoms with Crippen molar-refractivity contribution in [3.05, 3.63) is 34.9 Å². The molecule has 0 radical (unpaired) electrons. The van der Waals surface area contributed by atoms with Gasteiger partial charge < -0.3 is 15.8 Å². The van der Waals surface area contributed by atoms with E-state index in [4.69, 9.17) is 22.1 Å². The first-order valence-electron chi connectivity index (χ1n) is 8.49. The largest absolute Gasteiger partial charge is 0.377 e. The summed E-state index contributed by atoms with van der Waals surface area (Å²) in [6.07, 6.45) is 4.18. The second-order valence-electron chi connectivity index (χ2n) is 6.25. The van der Waals surface area contributed by atoms with Gasteiger partial charge in [0.25, 0.3) is 0 Å². The zero-order valence-corrected chi connectivity index (χ0v) is 14.5. The first-order chi connectivity index (χ1) is 11.1. The molecule has 1 aliphatic carbocycles. The fourth-order valence-corrected chi connectivity index (χ4v) is 3.23. The summed E-state index contributed by atoms with van der Waals surface area (Å²) >= 11 is 5.97. The number of halogens is 1. The third-order valence-electron chi connectivity index (χ3n) is 4.35. The predicted molar refractivity (Wildman–Crippen MR) is 93.5 cm³/mol. The van der Waals surface area contributed by atoms with Gasteiger partial charge in [0, 0.05) is 30.1 Å². The number of nitrogens with one attached hydrogen (secondary N) is 1. The summed E-state index contributed by atoms with van der Waals surface area (Å²) in [5, 5.41) is 3.76. The Bertz CT molecular complexity index is 510. The predicted octanol–water partition coefficient (Wildman–Crippen LogP) is 2.92. The molecule has 0 unspecified atom stereocenters. The van der Waals surface area contributed by atoms with Crippen LogP contribution in [-0.4, -0.2) is 31.2 Å². The fraction of sp³-hybridized carbons (Fsp3) is 0.611. The highest BCUT2D eigenvalue weighted by atomic mass is 35.5. The molecule has 23 heavy (non-hydrogen) atoms. The Morgan fingerprint density at radius 1 is 1.43 bits per heavy atom. The highest BCUT2D eigenvalue weighted by molar-refractivity contribution is 6.30. The van der Waals surface area contributed by atoms with E-state index in [2.05, 4.69) is 12.2 Å². The van der Waals surface area contributed by atoms with Gasteiger partial charge >= 0.3 is 0 Å². The Morgan fingerprint density at radius 2 is 2.26 bits per heavy atom. The lowest BCUT2D eigenvalue weighted by atomic mass is 9.83. The van der Waals surface area contributed by atoms with Gasteiger partial charge in [0.05, 0.1) is 6.10 Å². The molecule has 1 aliphatic rings. The minimum atomic E-state index is 0.00683. The van der Waals surface area contributed by atoms with Crippen LogP contribution in [0, 0.1) is 5.92 Å². The van der Waals surface area contributed by atoms with Crippen LogP contribution in [0.25, 0.3) is 0 Å². The highest BCUT2D eigenvalue weighted by Crippen LogP contribution is 2.26. The second-order valence-corrected chi connectivity index (χ2v) is 6.69. The van der Waals surface area contributed by atoms with Gasteiger partial charge in [0.15, 0.2) is 0 Å². The molecule has 0 heterocycles. The number of nitrogens with two attached hydrogens (primary N) is 1. The molecule has 3 N–H and O–H groups in total. The van der Waals surface area contributed by atoms with Crippen LogP contribution in [0.2, 0.25) is 5.02 Å². The monoisotopic (exact) mass is 338 g/mol. The summed E-state index contributed by atoms with van der Waals surface area (Å²) in [7, 11) is 0. The van der Waals surface area contributed by atoms with Crippen molar-refractivity contribution >= 4 is 17.5 Å². The summed E-state index contributed by atoms with van der Waals surface area (Å²) in [5.74, 6) is 0.125. The smallest absolute Gasteiger partial charge is 0.223 e. The van der Waals surface area contributed by atoms with Crippen LogP contribution in [0.5, 0.6) is 0 Å². The molecule has 1 saturated carbocycles. The van der Waals surface area contributed by atoms with Gasteiger partial charge in [-0.05, 0) is 49.8 Å². The van der Waals surface area contributed by atoms with Gasteiger partial charge in [-0.25, -0.2) is 0 Å². The molecule has 128 valence electrons. The van der Waals surface area contributed by atoms with Crippen LogP contribution in [0.3, 0.4) is 0 Å². The molecule has 5 heteroatoms. The Morgan fingerprint density at radius 3 is 3.00 bits per heavy atom. The van der Waals surface area contributed by atoms with Gasteiger partial charge in [-0.2, -0.15) is 0 Å². The van der Waals surface area contributed by atoms with Crippen molar-refractivity contribution in [2.45, 2.75) is 51.2 Å². The maximum Gasteiger partial charge on any atom is 0.223 e. The molecular weight excluding hydrogens is 312 g/mol. The van der Waals surface area contributed by atoms with E-state index >= 15 is 0 Å². The summed E-state index contributed by atoms with van der Waals surface area (Å²) in [4.78, 5) is 12.3. The van der Waals surface area contributed by atoms with E-state index in [1.54, 1.807) is 0 Å². The van der Waals surface area contributed by atoms with Crippen LogP contribution in [0.15, 0.2) is 24.3 Å². The fourth-order valence-electron chi connectivity index (χ4n) is 3.02.